The van der Waals surface area contributed by atoms with Crippen LogP contribution in [0.3, 0.4) is 0 Å². The predicted octanol–water partition coefficient (Wildman–Crippen LogP) is 1.19. The van der Waals surface area contributed by atoms with Crippen molar-refractivity contribution in [2.24, 2.45) is 0 Å². The molecule has 0 aliphatic carbocycles. The number of nitrogens with one attached hydrogen (secondary N) is 1. The summed E-state index contributed by atoms with van der Waals surface area (Å²) in [5.41, 5.74) is 0.632. The van der Waals surface area contributed by atoms with Crippen LogP contribution in [0.1, 0.15) is 13.3 Å². The standard InChI is InChI=1S/C16H23N3O3/c1-3-18-7-9-19(10-8-18)16(21)12-15(20)17-13-5-4-6-14(11-13)22-2/h4-6,11H,3,7-10,12H2,1-2H3,(H,17,20). The van der Waals surface area contributed by atoms with Gasteiger partial charge in [0.05, 0.1) is 7.11 Å². The summed E-state index contributed by atoms with van der Waals surface area (Å²) in [7, 11) is 1.57. The van der Waals surface area contributed by atoms with E-state index in [1.165, 1.54) is 0 Å². The van der Waals surface area contributed by atoms with Gasteiger partial charge in [-0.15, -0.1) is 0 Å². The lowest BCUT2D eigenvalue weighted by Gasteiger charge is -2.33. The molecule has 2 amide bonds. The number of likely N-dealkylation sites (N-methyl/N-ethyl adjacent to an activating group) is 1. The molecule has 1 aliphatic rings. The van der Waals surface area contributed by atoms with Gasteiger partial charge in [0, 0.05) is 37.9 Å². The maximum atomic E-state index is 12.1. The van der Waals surface area contributed by atoms with Crippen LogP contribution in [0.15, 0.2) is 24.3 Å². The van der Waals surface area contributed by atoms with E-state index in [4.69, 9.17) is 4.74 Å². The van der Waals surface area contributed by atoms with Crippen LogP contribution in [0.25, 0.3) is 0 Å². The fourth-order valence-electron chi connectivity index (χ4n) is 2.47. The minimum absolute atomic E-state index is 0.115. The summed E-state index contributed by atoms with van der Waals surface area (Å²) in [6.07, 6.45) is -0.122. The normalized spacial score (nSPS) is 15.5. The van der Waals surface area contributed by atoms with Gasteiger partial charge in [0.25, 0.3) is 0 Å². The van der Waals surface area contributed by atoms with E-state index in [0.29, 0.717) is 24.5 Å². The Kier molecular flexibility index (Phi) is 5.77. The maximum Gasteiger partial charge on any atom is 0.233 e. The predicted molar refractivity (Wildman–Crippen MR) is 84.9 cm³/mol. The van der Waals surface area contributed by atoms with Gasteiger partial charge < -0.3 is 19.9 Å². The van der Waals surface area contributed by atoms with Crippen LogP contribution in [0.5, 0.6) is 5.75 Å². The number of benzene rings is 1. The number of rotatable bonds is 5. The van der Waals surface area contributed by atoms with Gasteiger partial charge >= 0.3 is 0 Å². The number of ether oxygens (including phenoxy) is 1. The van der Waals surface area contributed by atoms with Crippen molar-refractivity contribution in [3.05, 3.63) is 24.3 Å². The highest BCUT2D eigenvalue weighted by Crippen LogP contribution is 2.17. The van der Waals surface area contributed by atoms with Crippen molar-refractivity contribution in [1.82, 2.24) is 9.80 Å². The summed E-state index contributed by atoms with van der Waals surface area (Å²) in [6, 6.07) is 7.08. The number of anilines is 1. The van der Waals surface area contributed by atoms with Crippen LogP contribution < -0.4 is 10.1 Å². The lowest BCUT2D eigenvalue weighted by Crippen LogP contribution is -2.49. The van der Waals surface area contributed by atoms with Gasteiger partial charge in [0.15, 0.2) is 0 Å². The molecule has 1 heterocycles. The lowest BCUT2D eigenvalue weighted by molar-refractivity contribution is -0.136. The minimum atomic E-state index is -0.295. The molecule has 0 spiro atoms. The molecule has 0 saturated carbocycles. The quantitative estimate of drug-likeness (QED) is 0.830. The number of carbonyl (C=O) groups is 2. The third-order valence-corrected chi connectivity index (χ3v) is 3.84. The molecule has 1 aromatic carbocycles. The highest BCUT2D eigenvalue weighted by atomic mass is 16.5. The Morgan fingerprint density at radius 2 is 1.95 bits per heavy atom. The van der Waals surface area contributed by atoms with E-state index < -0.39 is 0 Å². The Balaban J connectivity index is 1.82. The van der Waals surface area contributed by atoms with E-state index in [0.717, 1.165) is 19.6 Å². The van der Waals surface area contributed by atoms with E-state index in [-0.39, 0.29) is 18.2 Å². The lowest BCUT2D eigenvalue weighted by atomic mass is 10.2. The molecule has 6 heteroatoms. The first kappa shape index (κ1) is 16.3. The highest BCUT2D eigenvalue weighted by Gasteiger charge is 2.22. The summed E-state index contributed by atoms with van der Waals surface area (Å²) in [5, 5.41) is 2.73. The number of amides is 2. The molecule has 1 N–H and O–H groups in total. The third-order valence-electron chi connectivity index (χ3n) is 3.84. The van der Waals surface area contributed by atoms with E-state index in [1.54, 1.807) is 36.3 Å². The zero-order valence-electron chi connectivity index (χ0n) is 13.2. The van der Waals surface area contributed by atoms with Crippen molar-refractivity contribution in [2.75, 3.05) is 45.2 Å². The largest absolute Gasteiger partial charge is 0.497 e. The van der Waals surface area contributed by atoms with Gasteiger partial charge in [-0.3, -0.25) is 9.59 Å². The molecule has 22 heavy (non-hydrogen) atoms. The molecule has 0 bridgehead atoms. The Bertz CT molecular complexity index is 525. The van der Waals surface area contributed by atoms with Gasteiger partial charge in [0.2, 0.25) is 11.8 Å². The average molecular weight is 305 g/mol. The molecule has 1 saturated heterocycles. The van der Waals surface area contributed by atoms with Crippen LogP contribution in [-0.4, -0.2) is 61.4 Å². The summed E-state index contributed by atoms with van der Waals surface area (Å²) in [5.74, 6) is 0.257. The van der Waals surface area contributed by atoms with Crippen molar-refractivity contribution in [3.8, 4) is 5.75 Å². The second kappa shape index (κ2) is 7.79. The zero-order chi connectivity index (χ0) is 15.9. The van der Waals surface area contributed by atoms with Crippen molar-refractivity contribution in [2.45, 2.75) is 13.3 Å². The Hall–Kier alpha value is -2.08. The van der Waals surface area contributed by atoms with E-state index in [2.05, 4.69) is 17.1 Å². The van der Waals surface area contributed by atoms with Crippen molar-refractivity contribution in [1.29, 1.82) is 0 Å². The molecule has 0 atom stereocenters. The van der Waals surface area contributed by atoms with Gasteiger partial charge in [-0.2, -0.15) is 0 Å². The Morgan fingerprint density at radius 3 is 2.59 bits per heavy atom. The van der Waals surface area contributed by atoms with E-state index in [1.807, 2.05) is 0 Å². The van der Waals surface area contributed by atoms with Gasteiger partial charge in [-0.1, -0.05) is 13.0 Å². The van der Waals surface area contributed by atoms with Crippen LogP contribution in [0.4, 0.5) is 5.69 Å². The van der Waals surface area contributed by atoms with Crippen molar-refractivity contribution >= 4 is 17.5 Å². The van der Waals surface area contributed by atoms with Crippen LogP contribution in [0, 0.1) is 0 Å². The summed E-state index contributed by atoms with van der Waals surface area (Å²) in [6.45, 7) is 6.25. The number of carbonyl (C=O) groups excluding carboxylic acids is 2. The number of methoxy groups -OCH3 is 1. The van der Waals surface area contributed by atoms with Crippen LogP contribution in [-0.2, 0) is 9.59 Å². The molecule has 0 unspecified atom stereocenters. The first-order valence-corrected chi connectivity index (χ1v) is 7.56. The fourth-order valence-corrected chi connectivity index (χ4v) is 2.47. The smallest absolute Gasteiger partial charge is 0.233 e. The molecule has 1 aromatic rings. The SMILES string of the molecule is CCN1CCN(C(=O)CC(=O)Nc2cccc(OC)c2)CC1. The maximum absolute atomic E-state index is 12.1. The summed E-state index contributed by atoms with van der Waals surface area (Å²) in [4.78, 5) is 28.2. The molecule has 120 valence electrons. The van der Waals surface area contributed by atoms with Gasteiger partial charge in [-0.25, -0.2) is 0 Å². The monoisotopic (exact) mass is 305 g/mol. The molecule has 6 nitrogen and oxygen atoms in total. The molecule has 0 aromatic heterocycles. The number of nitrogens with zero attached hydrogens (tertiary/aromatic N) is 2. The van der Waals surface area contributed by atoms with Crippen LogP contribution in [0.2, 0.25) is 0 Å². The summed E-state index contributed by atoms with van der Waals surface area (Å²) < 4.78 is 5.10. The fraction of sp³-hybridized carbons (Fsp3) is 0.500. The topological polar surface area (TPSA) is 61.9 Å². The van der Waals surface area contributed by atoms with Crippen molar-refractivity contribution in [3.63, 3.8) is 0 Å². The molecule has 0 radical (unpaired) electrons. The van der Waals surface area contributed by atoms with Crippen LogP contribution >= 0.6 is 0 Å². The second-order valence-corrected chi connectivity index (χ2v) is 5.27. The zero-order valence-corrected chi connectivity index (χ0v) is 13.2. The molecular weight excluding hydrogens is 282 g/mol. The molecular formula is C16H23N3O3. The number of hydrogen-bond acceptors (Lipinski definition) is 4. The van der Waals surface area contributed by atoms with Gasteiger partial charge in [-0.05, 0) is 18.7 Å². The number of hydrogen-bond donors (Lipinski definition) is 1. The average Bonchev–Trinajstić information content (AvgIpc) is 2.55. The first-order chi connectivity index (χ1) is 10.6. The molecule has 1 fully saturated rings. The highest BCUT2D eigenvalue weighted by molar-refractivity contribution is 6.03. The minimum Gasteiger partial charge on any atom is -0.497 e. The second-order valence-electron chi connectivity index (χ2n) is 5.27. The summed E-state index contributed by atoms with van der Waals surface area (Å²) >= 11 is 0. The molecule has 1 aliphatic heterocycles. The van der Waals surface area contributed by atoms with E-state index in [9.17, 15) is 9.59 Å². The Morgan fingerprint density at radius 1 is 1.23 bits per heavy atom. The first-order valence-electron chi connectivity index (χ1n) is 7.56. The molecule has 2 rings (SSSR count). The van der Waals surface area contributed by atoms with Crippen molar-refractivity contribution < 1.29 is 14.3 Å². The number of piperazine rings is 1. The third kappa shape index (κ3) is 4.46. The Labute approximate surface area is 131 Å². The van der Waals surface area contributed by atoms with E-state index >= 15 is 0 Å². The van der Waals surface area contributed by atoms with Gasteiger partial charge in [0.1, 0.15) is 12.2 Å².